The third kappa shape index (κ3) is 2.01. The number of aromatic nitrogens is 1. The van der Waals surface area contributed by atoms with Crippen LogP contribution in [0.25, 0.3) is 10.2 Å². The number of fused-ring (bicyclic) bond motifs is 1. The zero-order valence-electron chi connectivity index (χ0n) is 7.75. The Morgan fingerprint density at radius 3 is 2.93 bits per heavy atom. The van der Waals surface area contributed by atoms with Gasteiger partial charge in [0, 0.05) is 0 Å². The van der Waals surface area contributed by atoms with Crippen molar-refractivity contribution in [3.05, 3.63) is 23.7 Å². The summed E-state index contributed by atoms with van der Waals surface area (Å²) in [5.41, 5.74) is 2.47. The molecule has 1 heterocycles. The molecule has 0 aliphatic heterocycles. The van der Waals surface area contributed by atoms with Gasteiger partial charge in [-0.25, -0.2) is 13.4 Å². The summed E-state index contributed by atoms with van der Waals surface area (Å²) in [5, 5.41) is 8.65. The first-order chi connectivity index (χ1) is 7.13. The molecule has 0 saturated carbocycles. The van der Waals surface area contributed by atoms with Crippen LogP contribution in [0, 0.1) is 0 Å². The second-order valence-electron chi connectivity index (χ2n) is 3.02. The van der Waals surface area contributed by atoms with Crippen molar-refractivity contribution >= 4 is 31.4 Å². The van der Waals surface area contributed by atoms with Crippen molar-refractivity contribution < 1.29 is 13.5 Å². The van der Waals surface area contributed by atoms with Crippen molar-refractivity contribution in [3.63, 3.8) is 0 Å². The molecule has 2 rings (SSSR count). The van der Waals surface area contributed by atoms with Crippen LogP contribution < -0.4 is 0 Å². The highest BCUT2D eigenvalue weighted by Crippen LogP contribution is 2.22. The van der Waals surface area contributed by atoms with Crippen molar-refractivity contribution in [1.82, 2.24) is 4.98 Å². The van der Waals surface area contributed by atoms with Gasteiger partial charge in [0.1, 0.15) is 0 Å². The van der Waals surface area contributed by atoms with Crippen LogP contribution in [0.3, 0.4) is 0 Å². The fraction of sp³-hybridized carbons (Fsp3) is 0.222. The van der Waals surface area contributed by atoms with Gasteiger partial charge in [-0.2, -0.15) is 0 Å². The Labute approximate surface area is 91.1 Å². The molecule has 6 heteroatoms. The molecule has 0 saturated heterocycles. The number of rotatable bonds is 3. The van der Waals surface area contributed by atoms with E-state index < -0.39 is 9.84 Å². The summed E-state index contributed by atoms with van der Waals surface area (Å²) in [6.45, 7) is -0.358. The number of sulfone groups is 1. The molecule has 80 valence electrons. The summed E-state index contributed by atoms with van der Waals surface area (Å²) >= 11 is 1.40. The van der Waals surface area contributed by atoms with Crippen LogP contribution in [0.15, 0.2) is 28.6 Å². The van der Waals surface area contributed by atoms with Crippen LogP contribution in [-0.4, -0.2) is 30.9 Å². The van der Waals surface area contributed by atoms with Crippen LogP contribution in [-0.2, 0) is 9.84 Å². The number of thiazole rings is 1. The summed E-state index contributed by atoms with van der Waals surface area (Å²) in [7, 11) is -3.35. The number of aliphatic hydroxyl groups excluding tert-OH is 1. The Morgan fingerprint density at radius 2 is 2.20 bits per heavy atom. The second kappa shape index (κ2) is 3.88. The van der Waals surface area contributed by atoms with Crippen LogP contribution in [0.1, 0.15) is 0 Å². The summed E-state index contributed by atoms with van der Waals surface area (Å²) in [6, 6.07) is 4.79. The summed E-state index contributed by atoms with van der Waals surface area (Å²) in [5.74, 6) is -0.239. The zero-order chi connectivity index (χ0) is 10.9. The summed E-state index contributed by atoms with van der Waals surface area (Å²) in [6.07, 6.45) is 0. The quantitative estimate of drug-likeness (QED) is 0.875. The Balaban J connectivity index is 2.52. The molecule has 0 unspecified atom stereocenters. The van der Waals surface area contributed by atoms with E-state index in [2.05, 4.69) is 4.98 Å². The lowest BCUT2D eigenvalue weighted by molar-refractivity contribution is 0.319. The highest BCUT2D eigenvalue weighted by atomic mass is 32.2. The van der Waals surface area contributed by atoms with Gasteiger partial charge < -0.3 is 5.11 Å². The molecular formula is C9H9NO3S2. The average Bonchev–Trinajstić information content (AvgIpc) is 2.63. The maximum atomic E-state index is 11.6. The molecular weight excluding hydrogens is 234 g/mol. The van der Waals surface area contributed by atoms with E-state index in [1.807, 2.05) is 0 Å². The van der Waals surface area contributed by atoms with E-state index in [9.17, 15) is 8.42 Å². The largest absolute Gasteiger partial charge is 0.395 e. The van der Waals surface area contributed by atoms with Gasteiger partial charge in [-0.15, -0.1) is 11.3 Å². The van der Waals surface area contributed by atoms with E-state index in [4.69, 9.17) is 5.11 Å². The molecule has 0 atom stereocenters. The van der Waals surface area contributed by atoms with Gasteiger partial charge in [-0.1, -0.05) is 0 Å². The van der Waals surface area contributed by atoms with Crippen molar-refractivity contribution in [2.45, 2.75) is 4.90 Å². The molecule has 1 N–H and O–H groups in total. The van der Waals surface area contributed by atoms with Gasteiger partial charge in [0.15, 0.2) is 9.84 Å². The van der Waals surface area contributed by atoms with Crippen LogP contribution in [0.2, 0.25) is 0 Å². The number of hydrogen-bond acceptors (Lipinski definition) is 5. The van der Waals surface area contributed by atoms with E-state index in [-0.39, 0.29) is 17.3 Å². The zero-order valence-corrected chi connectivity index (χ0v) is 9.38. The molecule has 0 radical (unpaired) electrons. The highest BCUT2D eigenvalue weighted by Gasteiger charge is 2.14. The van der Waals surface area contributed by atoms with Crippen molar-refractivity contribution in [1.29, 1.82) is 0 Å². The van der Waals surface area contributed by atoms with Crippen LogP contribution in [0.4, 0.5) is 0 Å². The maximum absolute atomic E-state index is 11.6. The SMILES string of the molecule is O=S(=O)(CCO)c1ccc2ncsc2c1. The van der Waals surface area contributed by atoms with Gasteiger partial charge in [0.2, 0.25) is 0 Å². The monoisotopic (exact) mass is 243 g/mol. The van der Waals surface area contributed by atoms with Crippen LogP contribution in [0.5, 0.6) is 0 Å². The topological polar surface area (TPSA) is 67.3 Å². The van der Waals surface area contributed by atoms with Gasteiger partial charge in [-0.05, 0) is 18.2 Å². The van der Waals surface area contributed by atoms with Gasteiger partial charge in [0.05, 0.1) is 33.0 Å². The lowest BCUT2D eigenvalue weighted by Gasteiger charge is -2.01. The number of aliphatic hydroxyl groups is 1. The molecule has 0 spiro atoms. The normalized spacial score (nSPS) is 12.1. The summed E-state index contributed by atoms with van der Waals surface area (Å²) < 4.78 is 24.1. The fourth-order valence-corrected chi connectivity index (χ4v) is 3.11. The van der Waals surface area contributed by atoms with Crippen molar-refractivity contribution in [2.75, 3.05) is 12.4 Å². The first-order valence-corrected chi connectivity index (χ1v) is 6.83. The van der Waals surface area contributed by atoms with Crippen LogP contribution >= 0.6 is 11.3 Å². The van der Waals surface area contributed by atoms with Gasteiger partial charge in [-0.3, -0.25) is 0 Å². The van der Waals surface area contributed by atoms with E-state index in [0.29, 0.717) is 0 Å². The van der Waals surface area contributed by atoms with E-state index in [1.165, 1.54) is 17.4 Å². The molecule has 0 aliphatic carbocycles. The van der Waals surface area contributed by atoms with Gasteiger partial charge in [0.25, 0.3) is 0 Å². The molecule has 0 aliphatic rings. The molecule has 15 heavy (non-hydrogen) atoms. The number of nitrogens with zero attached hydrogens (tertiary/aromatic N) is 1. The third-order valence-electron chi connectivity index (χ3n) is 2.02. The predicted octanol–water partition coefficient (Wildman–Crippen LogP) is 1.06. The van der Waals surface area contributed by atoms with E-state index in [1.54, 1.807) is 17.6 Å². The van der Waals surface area contributed by atoms with Crippen molar-refractivity contribution in [2.24, 2.45) is 0 Å². The van der Waals surface area contributed by atoms with Gasteiger partial charge >= 0.3 is 0 Å². The first-order valence-electron chi connectivity index (χ1n) is 4.30. The second-order valence-corrected chi connectivity index (χ2v) is 6.02. The lowest BCUT2D eigenvalue weighted by atomic mass is 10.3. The number of benzene rings is 1. The Morgan fingerprint density at radius 1 is 1.40 bits per heavy atom. The Hall–Kier alpha value is -0.980. The predicted molar refractivity (Wildman–Crippen MR) is 58.8 cm³/mol. The van der Waals surface area contributed by atoms with E-state index >= 15 is 0 Å². The Kier molecular flexibility index (Phi) is 2.72. The molecule has 0 bridgehead atoms. The fourth-order valence-electron chi connectivity index (χ4n) is 1.27. The molecule has 1 aromatic heterocycles. The maximum Gasteiger partial charge on any atom is 0.180 e. The molecule has 1 aromatic carbocycles. The summed E-state index contributed by atoms with van der Waals surface area (Å²) in [4.78, 5) is 4.31. The standard InChI is InChI=1S/C9H9NO3S2/c11-3-4-15(12,13)7-1-2-8-9(5-7)14-6-10-8/h1-2,5-6,11H,3-4H2. The minimum absolute atomic E-state index is 0.239. The first kappa shape index (κ1) is 10.5. The third-order valence-corrected chi connectivity index (χ3v) is 4.51. The minimum Gasteiger partial charge on any atom is -0.395 e. The number of hydrogen-bond donors (Lipinski definition) is 1. The lowest BCUT2D eigenvalue weighted by Crippen LogP contribution is -2.09. The van der Waals surface area contributed by atoms with Crippen molar-refractivity contribution in [3.8, 4) is 0 Å². The molecule has 0 fully saturated rings. The molecule has 0 amide bonds. The van der Waals surface area contributed by atoms with E-state index in [0.717, 1.165) is 10.2 Å². The molecule has 2 aromatic rings. The highest BCUT2D eigenvalue weighted by molar-refractivity contribution is 7.91. The average molecular weight is 243 g/mol. The molecule has 4 nitrogen and oxygen atoms in total. The smallest absolute Gasteiger partial charge is 0.180 e. The minimum atomic E-state index is -3.35. The Bertz CT molecular complexity index is 574.